The standard InChI is InChI=1S/C18H15ClN4S2/c1-11-4-5-12-8-13(17(19)20-15(12)7-11)10-25-18-21-16(22-23-18)9-14-3-2-6-24-14/h2-8H,9-10H2,1H3,(H,21,22,23). The first-order valence-electron chi connectivity index (χ1n) is 7.79. The third kappa shape index (κ3) is 3.86. The van der Waals surface area contributed by atoms with Gasteiger partial charge in [0.15, 0.2) is 0 Å². The van der Waals surface area contributed by atoms with E-state index < -0.39 is 0 Å². The molecule has 7 heteroatoms. The summed E-state index contributed by atoms with van der Waals surface area (Å²) in [4.78, 5) is 10.3. The molecule has 0 saturated carbocycles. The van der Waals surface area contributed by atoms with Crippen LogP contribution in [-0.2, 0) is 12.2 Å². The van der Waals surface area contributed by atoms with E-state index in [0.29, 0.717) is 10.9 Å². The third-order valence-electron chi connectivity index (χ3n) is 3.79. The van der Waals surface area contributed by atoms with Crippen LogP contribution < -0.4 is 0 Å². The Bertz CT molecular complexity index is 1010. The summed E-state index contributed by atoms with van der Waals surface area (Å²) >= 11 is 9.63. The van der Waals surface area contributed by atoms with Crippen LogP contribution in [0.25, 0.3) is 10.9 Å². The molecule has 0 saturated heterocycles. The summed E-state index contributed by atoms with van der Waals surface area (Å²) < 4.78 is 0. The molecule has 4 nitrogen and oxygen atoms in total. The van der Waals surface area contributed by atoms with E-state index in [4.69, 9.17) is 11.6 Å². The molecule has 0 atom stereocenters. The quantitative estimate of drug-likeness (QED) is 0.375. The predicted octanol–water partition coefficient (Wildman–Crippen LogP) is 5.26. The Morgan fingerprint density at radius 1 is 1.20 bits per heavy atom. The molecular formula is C18H15ClN4S2. The van der Waals surface area contributed by atoms with Crippen molar-refractivity contribution in [3.05, 3.63) is 68.8 Å². The van der Waals surface area contributed by atoms with Crippen LogP contribution in [0.2, 0.25) is 5.15 Å². The SMILES string of the molecule is Cc1ccc2cc(CSc3n[nH]c(Cc4cccs4)n3)c(Cl)nc2c1. The molecule has 4 aromatic rings. The van der Waals surface area contributed by atoms with Gasteiger partial charge in [0.1, 0.15) is 11.0 Å². The van der Waals surface area contributed by atoms with Gasteiger partial charge >= 0.3 is 0 Å². The van der Waals surface area contributed by atoms with Crippen molar-refractivity contribution >= 4 is 45.6 Å². The fourth-order valence-electron chi connectivity index (χ4n) is 2.54. The van der Waals surface area contributed by atoms with Crippen LogP contribution >= 0.6 is 34.7 Å². The number of pyridine rings is 1. The van der Waals surface area contributed by atoms with E-state index in [1.807, 2.05) is 12.1 Å². The Morgan fingerprint density at radius 2 is 2.12 bits per heavy atom. The van der Waals surface area contributed by atoms with Crippen molar-refractivity contribution in [2.45, 2.75) is 24.3 Å². The molecule has 0 amide bonds. The lowest BCUT2D eigenvalue weighted by atomic mass is 10.1. The minimum absolute atomic E-state index is 0.542. The van der Waals surface area contributed by atoms with Crippen LogP contribution in [0.1, 0.15) is 21.8 Å². The Morgan fingerprint density at radius 3 is 2.96 bits per heavy atom. The van der Waals surface area contributed by atoms with Gasteiger partial charge in [-0.25, -0.2) is 9.97 Å². The van der Waals surface area contributed by atoms with E-state index in [2.05, 4.69) is 56.7 Å². The maximum absolute atomic E-state index is 6.35. The minimum atomic E-state index is 0.542. The molecule has 0 aliphatic carbocycles. The second kappa shape index (κ2) is 7.15. The summed E-state index contributed by atoms with van der Waals surface area (Å²) in [6.07, 6.45) is 0.781. The highest BCUT2D eigenvalue weighted by Gasteiger charge is 2.09. The summed E-state index contributed by atoms with van der Waals surface area (Å²) in [5, 5.41) is 11.7. The molecule has 3 heterocycles. The maximum atomic E-state index is 6.35. The number of hydrogen-bond donors (Lipinski definition) is 1. The first kappa shape index (κ1) is 16.6. The number of H-pyrrole nitrogens is 1. The molecule has 0 radical (unpaired) electrons. The predicted molar refractivity (Wildman–Crippen MR) is 105 cm³/mol. The van der Waals surface area contributed by atoms with Crippen molar-refractivity contribution in [2.24, 2.45) is 0 Å². The average molecular weight is 387 g/mol. The van der Waals surface area contributed by atoms with Gasteiger partial charge in [-0.15, -0.1) is 16.4 Å². The van der Waals surface area contributed by atoms with Gasteiger partial charge in [-0.05, 0) is 36.1 Å². The third-order valence-corrected chi connectivity index (χ3v) is 5.89. The number of thioether (sulfide) groups is 1. The zero-order valence-electron chi connectivity index (χ0n) is 13.5. The van der Waals surface area contributed by atoms with Crippen LogP contribution in [0.3, 0.4) is 0 Å². The summed E-state index contributed by atoms with van der Waals surface area (Å²) in [6, 6.07) is 12.4. The zero-order valence-corrected chi connectivity index (χ0v) is 15.9. The number of nitrogens with one attached hydrogen (secondary N) is 1. The molecule has 0 aliphatic rings. The molecule has 126 valence electrons. The smallest absolute Gasteiger partial charge is 0.208 e. The molecule has 3 aromatic heterocycles. The van der Waals surface area contributed by atoms with Crippen molar-refractivity contribution in [3.8, 4) is 0 Å². The van der Waals surface area contributed by atoms with Crippen molar-refractivity contribution in [1.82, 2.24) is 20.2 Å². The van der Waals surface area contributed by atoms with Crippen molar-refractivity contribution in [2.75, 3.05) is 0 Å². The summed E-state index contributed by atoms with van der Waals surface area (Å²) in [6.45, 7) is 2.05. The first-order chi connectivity index (χ1) is 12.2. The van der Waals surface area contributed by atoms with Gasteiger partial charge < -0.3 is 0 Å². The fraction of sp³-hybridized carbons (Fsp3) is 0.167. The molecule has 1 N–H and O–H groups in total. The number of aromatic nitrogens is 4. The number of nitrogens with zero attached hydrogens (tertiary/aromatic N) is 3. The van der Waals surface area contributed by atoms with E-state index in [0.717, 1.165) is 33.9 Å². The van der Waals surface area contributed by atoms with Gasteiger partial charge in [0.25, 0.3) is 0 Å². The number of rotatable bonds is 5. The first-order valence-corrected chi connectivity index (χ1v) is 10.0. The van der Waals surface area contributed by atoms with Crippen molar-refractivity contribution in [3.63, 3.8) is 0 Å². The number of thiophene rings is 1. The maximum Gasteiger partial charge on any atom is 0.208 e. The Balaban J connectivity index is 1.48. The van der Waals surface area contributed by atoms with Crippen LogP contribution in [0.15, 0.2) is 46.9 Å². The highest BCUT2D eigenvalue weighted by Crippen LogP contribution is 2.27. The van der Waals surface area contributed by atoms with Gasteiger partial charge in [-0.1, -0.05) is 41.6 Å². The molecule has 0 spiro atoms. The number of fused-ring (bicyclic) bond motifs is 1. The van der Waals surface area contributed by atoms with Crippen LogP contribution in [0.4, 0.5) is 0 Å². The number of benzene rings is 1. The normalized spacial score (nSPS) is 11.3. The lowest BCUT2D eigenvalue weighted by molar-refractivity contribution is 0.960. The van der Waals surface area contributed by atoms with Gasteiger partial charge in [0.05, 0.1) is 5.52 Å². The van der Waals surface area contributed by atoms with Crippen LogP contribution in [-0.4, -0.2) is 20.2 Å². The Labute approximate surface area is 158 Å². The monoisotopic (exact) mass is 386 g/mol. The molecule has 4 rings (SSSR count). The molecule has 1 aromatic carbocycles. The molecular weight excluding hydrogens is 372 g/mol. The molecule has 0 aliphatic heterocycles. The van der Waals surface area contributed by atoms with Gasteiger partial charge in [0, 0.05) is 28.0 Å². The van der Waals surface area contributed by atoms with E-state index in [1.165, 1.54) is 10.4 Å². The number of aryl methyl sites for hydroxylation is 1. The molecule has 25 heavy (non-hydrogen) atoms. The van der Waals surface area contributed by atoms with Crippen LogP contribution in [0.5, 0.6) is 0 Å². The average Bonchev–Trinajstić information content (AvgIpc) is 3.25. The lowest BCUT2D eigenvalue weighted by Crippen LogP contribution is -1.90. The minimum Gasteiger partial charge on any atom is -0.262 e. The Kier molecular flexibility index (Phi) is 4.74. The second-order valence-corrected chi connectivity index (χ2v) is 8.08. The highest BCUT2D eigenvalue weighted by atomic mass is 35.5. The van der Waals surface area contributed by atoms with Gasteiger partial charge in [0.2, 0.25) is 5.16 Å². The lowest BCUT2D eigenvalue weighted by Gasteiger charge is -2.05. The van der Waals surface area contributed by atoms with E-state index >= 15 is 0 Å². The number of aromatic amines is 1. The fourth-order valence-corrected chi connectivity index (χ4v) is 4.33. The summed E-state index contributed by atoms with van der Waals surface area (Å²) in [7, 11) is 0. The zero-order chi connectivity index (χ0) is 17.2. The van der Waals surface area contributed by atoms with Gasteiger partial charge in [-0.2, -0.15) is 0 Å². The van der Waals surface area contributed by atoms with E-state index in [1.54, 1.807) is 23.1 Å². The summed E-state index contributed by atoms with van der Waals surface area (Å²) in [5.41, 5.74) is 3.10. The molecule has 0 bridgehead atoms. The van der Waals surface area contributed by atoms with Crippen molar-refractivity contribution < 1.29 is 0 Å². The van der Waals surface area contributed by atoms with Crippen molar-refractivity contribution in [1.29, 1.82) is 0 Å². The van der Waals surface area contributed by atoms with E-state index in [9.17, 15) is 0 Å². The van der Waals surface area contributed by atoms with E-state index in [-0.39, 0.29) is 0 Å². The molecule has 0 unspecified atom stereocenters. The number of halogens is 1. The largest absolute Gasteiger partial charge is 0.262 e. The highest BCUT2D eigenvalue weighted by molar-refractivity contribution is 7.98. The second-order valence-electron chi connectivity index (χ2n) is 5.74. The van der Waals surface area contributed by atoms with Gasteiger partial charge in [-0.3, -0.25) is 5.10 Å². The molecule has 0 fully saturated rings. The summed E-state index contributed by atoms with van der Waals surface area (Å²) in [5.74, 6) is 1.56. The number of hydrogen-bond acceptors (Lipinski definition) is 5. The van der Waals surface area contributed by atoms with Crippen LogP contribution in [0, 0.1) is 6.92 Å². The Hall–Kier alpha value is -1.89. The topological polar surface area (TPSA) is 54.5 Å².